The van der Waals surface area contributed by atoms with Gasteiger partial charge in [0.2, 0.25) is 11.8 Å². The molecule has 0 aromatic carbocycles. The van der Waals surface area contributed by atoms with Crippen LogP contribution in [-0.2, 0) is 16.1 Å². The third kappa shape index (κ3) is 4.25. The van der Waals surface area contributed by atoms with Crippen LogP contribution < -0.4 is 10.6 Å². The number of nitrogens with zero attached hydrogens (tertiary/aromatic N) is 2. The molecule has 3 N–H and O–H groups in total. The number of aromatic nitrogens is 3. The number of H-pyrrole nitrogens is 1. The Labute approximate surface area is 136 Å². The van der Waals surface area contributed by atoms with Gasteiger partial charge in [0.25, 0.3) is 0 Å². The van der Waals surface area contributed by atoms with E-state index < -0.39 is 0 Å². The maximum atomic E-state index is 12.0. The molecule has 2 amide bonds. The van der Waals surface area contributed by atoms with Gasteiger partial charge in [0.05, 0.1) is 11.4 Å². The minimum absolute atomic E-state index is 0.0175. The highest BCUT2D eigenvalue weighted by atomic mass is 32.1. The molecule has 0 fully saturated rings. The van der Waals surface area contributed by atoms with Gasteiger partial charge in [0.15, 0.2) is 10.6 Å². The van der Waals surface area contributed by atoms with E-state index in [2.05, 4.69) is 20.8 Å². The third-order valence-electron chi connectivity index (χ3n) is 2.82. The van der Waals surface area contributed by atoms with Crippen molar-refractivity contribution >= 4 is 35.4 Å². The summed E-state index contributed by atoms with van der Waals surface area (Å²) in [6.45, 7) is 2.54. The van der Waals surface area contributed by atoms with Crippen LogP contribution in [0.3, 0.4) is 0 Å². The number of aromatic amines is 1. The zero-order valence-electron chi connectivity index (χ0n) is 12.1. The smallest absolute Gasteiger partial charge is 0.240 e. The number of hydrogen-bond donors (Lipinski definition) is 3. The fourth-order valence-corrected chi connectivity index (χ4v) is 2.68. The molecule has 22 heavy (non-hydrogen) atoms. The maximum absolute atomic E-state index is 12.0. The number of rotatable bonds is 7. The molecule has 0 spiro atoms. The summed E-state index contributed by atoms with van der Waals surface area (Å²) in [5.74, 6) is 0.122. The molecule has 2 heterocycles. The quantitative estimate of drug-likeness (QED) is 0.663. The largest absolute Gasteiger partial charge is 0.355 e. The monoisotopic (exact) mass is 339 g/mol. The lowest BCUT2D eigenvalue weighted by molar-refractivity contribution is -0.126. The van der Waals surface area contributed by atoms with E-state index in [1.807, 2.05) is 24.4 Å². The molecule has 0 saturated heterocycles. The Morgan fingerprint density at radius 3 is 2.91 bits per heavy atom. The van der Waals surface area contributed by atoms with Gasteiger partial charge in [-0.15, -0.1) is 11.3 Å². The van der Waals surface area contributed by atoms with Crippen molar-refractivity contribution in [2.45, 2.75) is 19.9 Å². The highest BCUT2D eigenvalue weighted by Crippen LogP contribution is 2.22. The van der Waals surface area contributed by atoms with E-state index in [1.165, 1.54) is 11.3 Å². The van der Waals surface area contributed by atoms with Crippen LogP contribution in [0.2, 0.25) is 0 Å². The Bertz CT molecular complexity index is 690. The van der Waals surface area contributed by atoms with Crippen LogP contribution in [0.15, 0.2) is 17.5 Å². The fraction of sp³-hybridized carbons (Fsp3) is 0.385. The zero-order valence-corrected chi connectivity index (χ0v) is 13.7. The van der Waals surface area contributed by atoms with Crippen molar-refractivity contribution in [3.8, 4) is 10.7 Å². The van der Waals surface area contributed by atoms with E-state index >= 15 is 0 Å². The molecule has 0 atom stereocenters. The van der Waals surface area contributed by atoms with Crippen LogP contribution in [0, 0.1) is 4.77 Å². The molecular formula is C13H17N5O2S2. The van der Waals surface area contributed by atoms with Crippen molar-refractivity contribution in [3.63, 3.8) is 0 Å². The van der Waals surface area contributed by atoms with Gasteiger partial charge >= 0.3 is 0 Å². The van der Waals surface area contributed by atoms with Crippen molar-refractivity contribution in [1.29, 1.82) is 0 Å². The Balaban J connectivity index is 1.96. The summed E-state index contributed by atoms with van der Waals surface area (Å²) in [6.07, 6.45) is 0.855. The first-order chi connectivity index (χ1) is 10.6. The molecule has 118 valence electrons. The number of carbonyl (C=O) groups excluding carboxylic acids is 2. The van der Waals surface area contributed by atoms with Crippen molar-refractivity contribution in [1.82, 2.24) is 25.4 Å². The molecule has 0 aliphatic rings. The molecule has 0 unspecified atom stereocenters. The molecule has 2 aromatic heterocycles. The third-order valence-corrected chi connectivity index (χ3v) is 4.00. The van der Waals surface area contributed by atoms with Gasteiger partial charge in [0, 0.05) is 6.54 Å². The Hall–Kier alpha value is -2.00. The minimum Gasteiger partial charge on any atom is -0.355 e. The minimum atomic E-state index is -0.290. The zero-order chi connectivity index (χ0) is 15.9. The molecule has 2 aromatic rings. The molecule has 2 rings (SSSR count). The molecular weight excluding hydrogens is 322 g/mol. The molecule has 0 bridgehead atoms. The number of carbonyl (C=O) groups is 2. The lowest BCUT2D eigenvalue weighted by Gasteiger charge is -2.07. The molecule has 9 heteroatoms. The summed E-state index contributed by atoms with van der Waals surface area (Å²) in [6, 6.07) is 3.81. The lowest BCUT2D eigenvalue weighted by atomic mass is 10.4. The van der Waals surface area contributed by atoms with Crippen LogP contribution in [0.1, 0.15) is 13.3 Å². The van der Waals surface area contributed by atoms with Crippen LogP contribution in [0.25, 0.3) is 10.7 Å². The Kier molecular flexibility index (Phi) is 5.84. The second-order valence-electron chi connectivity index (χ2n) is 4.54. The van der Waals surface area contributed by atoms with Gasteiger partial charge in [-0.25, -0.2) is 0 Å². The van der Waals surface area contributed by atoms with E-state index in [0.29, 0.717) is 17.1 Å². The van der Waals surface area contributed by atoms with Gasteiger partial charge in [-0.1, -0.05) is 13.0 Å². The van der Waals surface area contributed by atoms with Gasteiger partial charge < -0.3 is 10.6 Å². The van der Waals surface area contributed by atoms with Crippen molar-refractivity contribution in [2.75, 3.05) is 13.1 Å². The van der Waals surface area contributed by atoms with Gasteiger partial charge in [-0.3, -0.25) is 19.3 Å². The predicted octanol–water partition coefficient (Wildman–Crippen LogP) is 1.31. The summed E-state index contributed by atoms with van der Waals surface area (Å²) in [7, 11) is 0. The highest BCUT2D eigenvalue weighted by Gasteiger charge is 2.13. The van der Waals surface area contributed by atoms with E-state index in [4.69, 9.17) is 12.2 Å². The van der Waals surface area contributed by atoms with Crippen molar-refractivity contribution < 1.29 is 9.59 Å². The van der Waals surface area contributed by atoms with Crippen LogP contribution in [0.5, 0.6) is 0 Å². The number of amides is 2. The normalized spacial score (nSPS) is 10.4. The Morgan fingerprint density at radius 1 is 1.41 bits per heavy atom. The number of thiophene rings is 1. The average molecular weight is 339 g/mol. The van der Waals surface area contributed by atoms with E-state index in [0.717, 1.165) is 11.3 Å². The Morgan fingerprint density at radius 2 is 2.23 bits per heavy atom. The second kappa shape index (κ2) is 7.85. The van der Waals surface area contributed by atoms with Crippen LogP contribution >= 0.6 is 23.6 Å². The van der Waals surface area contributed by atoms with Crippen LogP contribution in [0.4, 0.5) is 0 Å². The summed E-state index contributed by atoms with van der Waals surface area (Å²) in [5.41, 5.74) is 0. The lowest BCUT2D eigenvalue weighted by Crippen LogP contribution is -2.38. The molecule has 0 saturated carbocycles. The highest BCUT2D eigenvalue weighted by molar-refractivity contribution is 7.71. The van der Waals surface area contributed by atoms with E-state index in [-0.39, 0.29) is 24.9 Å². The summed E-state index contributed by atoms with van der Waals surface area (Å²) in [4.78, 5) is 24.3. The first kappa shape index (κ1) is 16.4. The SMILES string of the molecule is CCCNC(=O)CNC(=O)Cn1c(-c2cccs2)n[nH]c1=S. The number of nitrogens with one attached hydrogen (secondary N) is 3. The van der Waals surface area contributed by atoms with Gasteiger partial charge in [-0.05, 0) is 30.1 Å². The predicted molar refractivity (Wildman–Crippen MR) is 87.0 cm³/mol. The topological polar surface area (TPSA) is 91.8 Å². The standard InChI is InChI=1S/C13H17N5O2S2/c1-2-5-14-10(19)7-15-11(20)8-18-12(16-17-13(18)21)9-4-3-6-22-9/h3-4,6H,2,5,7-8H2,1H3,(H,14,19)(H,15,20)(H,17,21). The molecule has 0 aliphatic heterocycles. The van der Waals surface area contributed by atoms with Crippen molar-refractivity contribution in [2.24, 2.45) is 0 Å². The fourth-order valence-electron chi connectivity index (χ4n) is 1.76. The van der Waals surface area contributed by atoms with Crippen LogP contribution in [-0.4, -0.2) is 39.7 Å². The first-order valence-electron chi connectivity index (χ1n) is 6.84. The van der Waals surface area contributed by atoms with E-state index in [1.54, 1.807) is 4.57 Å². The average Bonchev–Trinajstić information content (AvgIpc) is 3.14. The van der Waals surface area contributed by atoms with Crippen molar-refractivity contribution in [3.05, 3.63) is 22.3 Å². The molecule has 7 nitrogen and oxygen atoms in total. The summed E-state index contributed by atoms with van der Waals surface area (Å²) >= 11 is 6.66. The van der Waals surface area contributed by atoms with Gasteiger partial charge in [-0.2, -0.15) is 5.10 Å². The maximum Gasteiger partial charge on any atom is 0.240 e. The summed E-state index contributed by atoms with van der Waals surface area (Å²) in [5, 5.41) is 14.0. The van der Waals surface area contributed by atoms with Gasteiger partial charge in [0.1, 0.15) is 6.54 Å². The second-order valence-corrected chi connectivity index (χ2v) is 5.88. The van der Waals surface area contributed by atoms with E-state index in [9.17, 15) is 9.59 Å². The molecule has 0 aliphatic carbocycles. The number of hydrogen-bond acceptors (Lipinski definition) is 5. The summed E-state index contributed by atoms with van der Waals surface area (Å²) < 4.78 is 1.98. The first-order valence-corrected chi connectivity index (χ1v) is 8.13. The molecule has 0 radical (unpaired) electrons.